The molecule has 4 atom stereocenters. The fourth-order valence-corrected chi connectivity index (χ4v) is 6.22. The molecule has 1 saturated heterocycles. The van der Waals surface area contributed by atoms with Crippen molar-refractivity contribution in [1.82, 2.24) is 25.9 Å². The van der Waals surface area contributed by atoms with Crippen LogP contribution < -0.4 is 16.2 Å². The van der Waals surface area contributed by atoms with E-state index in [4.69, 9.17) is 4.74 Å². The number of aryl methyl sites for hydroxylation is 2. The number of alkyl carbamates (subject to hydrolysis) is 1. The molecule has 2 saturated carbocycles. The quantitative estimate of drug-likeness (QED) is 0.546. The highest BCUT2D eigenvalue weighted by atomic mass is 16.6. The van der Waals surface area contributed by atoms with Crippen LogP contribution in [0.2, 0.25) is 0 Å². The number of hydrogen-bond acceptors (Lipinski definition) is 6. The van der Waals surface area contributed by atoms with Crippen LogP contribution in [-0.4, -0.2) is 40.0 Å². The van der Waals surface area contributed by atoms with Crippen molar-refractivity contribution in [3.63, 3.8) is 0 Å². The maximum absolute atomic E-state index is 12.7. The number of hydrazine groups is 1. The Kier molecular flexibility index (Phi) is 6.95. The Bertz CT molecular complexity index is 1280. The summed E-state index contributed by atoms with van der Waals surface area (Å²) in [7, 11) is 1.94. The zero-order chi connectivity index (χ0) is 27.2. The van der Waals surface area contributed by atoms with Crippen molar-refractivity contribution >= 4 is 12.0 Å². The first-order valence-electron chi connectivity index (χ1n) is 13.6. The Hall–Kier alpha value is -3.38. The average Bonchev–Trinajstić information content (AvgIpc) is 3.63. The van der Waals surface area contributed by atoms with Crippen molar-refractivity contribution in [2.75, 3.05) is 6.54 Å². The normalized spacial score (nSPS) is 25.2. The van der Waals surface area contributed by atoms with Crippen LogP contribution in [0, 0.1) is 30.1 Å². The van der Waals surface area contributed by atoms with Gasteiger partial charge in [0.25, 0.3) is 0 Å². The number of benzene rings is 1. The summed E-state index contributed by atoms with van der Waals surface area (Å²) in [6.07, 6.45) is 6.27. The largest absolute Gasteiger partial charge is 0.444 e. The Morgan fingerprint density at radius 2 is 1.97 bits per heavy atom. The summed E-state index contributed by atoms with van der Waals surface area (Å²) in [5, 5.41) is 17.6. The molecule has 3 fully saturated rings. The Labute approximate surface area is 224 Å². The molecule has 38 heavy (non-hydrogen) atoms. The van der Waals surface area contributed by atoms with Crippen molar-refractivity contribution in [2.45, 2.75) is 83.3 Å². The summed E-state index contributed by atoms with van der Waals surface area (Å²) in [5.74, 6) is 0.701. The second-order valence-corrected chi connectivity index (χ2v) is 12.1. The SMILES string of the molecule is Cc1cc(C2CC2)cc(-c2c(C3CCC4C(=O)NNC(CNC(=O)OC(C)(C)C)C4C3)cnn2C)c1C#N. The summed E-state index contributed by atoms with van der Waals surface area (Å²) in [4.78, 5) is 25.0. The number of ether oxygens (including phenoxy) is 1. The third-order valence-corrected chi connectivity index (χ3v) is 8.18. The van der Waals surface area contributed by atoms with Gasteiger partial charge >= 0.3 is 6.09 Å². The maximum Gasteiger partial charge on any atom is 0.407 e. The molecule has 3 N–H and O–H groups in total. The average molecular weight is 519 g/mol. The summed E-state index contributed by atoms with van der Waals surface area (Å²) in [6.45, 7) is 7.86. The molecule has 4 unspecified atom stereocenters. The van der Waals surface area contributed by atoms with Gasteiger partial charge in [-0.05, 0) is 94.7 Å². The molecule has 9 heteroatoms. The molecule has 5 rings (SSSR count). The number of amides is 2. The lowest BCUT2D eigenvalue weighted by atomic mass is 9.68. The van der Waals surface area contributed by atoms with Gasteiger partial charge in [-0.3, -0.25) is 14.9 Å². The van der Waals surface area contributed by atoms with Crippen LogP contribution in [0.25, 0.3) is 11.3 Å². The third kappa shape index (κ3) is 5.28. The van der Waals surface area contributed by atoms with Crippen molar-refractivity contribution in [1.29, 1.82) is 5.26 Å². The summed E-state index contributed by atoms with van der Waals surface area (Å²) < 4.78 is 7.29. The van der Waals surface area contributed by atoms with Crippen LogP contribution in [0.4, 0.5) is 4.79 Å². The Morgan fingerprint density at radius 1 is 1.24 bits per heavy atom. The molecule has 1 aliphatic heterocycles. The van der Waals surface area contributed by atoms with E-state index in [0.717, 1.165) is 41.6 Å². The molecule has 3 aliphatic rings. The van der Waals surface area contributed by atoms with Crippen LogP contribution in [0.15, 0.2) is 18.3 Å². The van der Waals surface area contributed by atoms with Crippen LogP contribution >= 0.6 is 0 Å². The van der Waals surface area contributed by atoms with Gasteiger partial charge < -0.3 is 10.1 Å². The highest BCUT2D eigenvalue weighted by Crippen LogP contribution is 2.47. The number of nitrogens with zero attached hydrogens (tertiary/aromatic N) is 3. The van der Waals surface area contributed by atoms with Crippen LogP contribution in [-0.2, 0) is 16.6 Å². The van der Waals surface area contributed by atoms with E-state index >= 15 is 0 Å². The predicted molar refractivity (Wildman–Crippen MR) is 143 cm³/mol. The number of fused-ring (bicyclic) bond motifs is 1. The molecule has 1 aromatic carbocycles. The zero-order valence-electron chi connectivity index (χ0n) is 22.9. The van der Waals surface area contributed by atoms with Gasteiger partial charge in [0.15, 0.2) is 0 Å². The lowest BCUT2D eigenvalue weighted by molar-refractivity contribution is -0.133. The van der Waals surface area contributed by atoms with E-state index in [1.54, 1.807) is 0 Å². The Morgan fingerprint density at radius 3 is 2.66 bits per heavy atom. The summed E-state index contributed by atoms with van der Waals surface area (Å²) >= 11 is 0. The number of nitrogens with one attached hydrogen (secondary N) is 3. The lowest BCUT2D eigenvalue weighted by Gasteiger charge is -2.43. The predicted octanol–water partition coefficient (Wildman–Crippen LogP) is 4.17. The first-order chi connectivity index (χ1) is 18.1. The molecule has 0 bridgehead atoms. The summed E-state index contributed by atoms with van der Waals surface area (Å²) in [5.41, 5.74) is 11.4. The van der Waals surface area contributed by atoms with Gasteiger partial charge in [0, 0.05) is 36.7 Å². The third-order valence-electron chi connectivity index (χ3n) is 8.18. The number of carbonyl (C=O) groups is 2. The van der Waals surface area contributed by atoms with Crippen LogP contribution in [0.3, 0.4) is 0 Å². The van der Waals surface area contributed by atoms with Gasteiger partial charge in [-0.25, -0.2) is 10.2 Å². The zero-order valence-corrected chi connectivity index (χ0v) is 22.9. The highest BCUT2D eigenvalue weighted by molar-refractivity contribution is 5.80. The number of carbonyl (C=O) groups excluding carboxylic acids is 2. The van der Waals surface area contributed by atoms with Gasteiger partial charge in [-0.15, -0.1) is 0 Å². The molecule has 9 nitrogen and oxygen atoms in total. The smallest absolute Gasteiger partial charge is 0.407 e. The minimum absolute atomic E-state index is 0.00732. The van der Waals surface area contributed by atoms with E-state index in [9.17, 15) is 14.9 Å². The monoisotopic (exact) mass is 518 g/mol. The van der Waals surface area contributed by atoms with E-state index in [2.05, 4.69) is 39.5 Å². The molecule has 2 aliphatic carbocycles. The molecule has 2 heterocycles. The minimum atomic E-state index is -0.578. The standard InChI is InChI=1S/C29H38N6O3/c1-16-10-19(17-6-7-17)12-22(23(16)13-30)26-24(14-32-35(26)5)18-8-9-20-21(11-18)25(33-34-27(20)36)15-31-28(37)38-29(2,3)4/h10,12,14,17-18,20-21,25,33H,6-9,11,15H2,1-5H3,(H,31,37)(H,34,36). The van der Waals surface area contributed by atoms with Crippen molar-refractivity contribution < 1.29 is 14.3 Å². The molecular weight excluding hydrogens is 480 g/mol. The second kappa shape index (κ2) is 10.1. The van der Waals surface area contributed by atoms with Gasteiger partial charge in [0.1, 0.15) is 11.7 Å². The first kappa shape index (κ1) is 26.2. The van der Waals surface area contributed by atoms with E-state index in [1.165, 1.54) is 18.4 Å². The van der Waals surface area contributed by atoms with E-state index < -0.39 is 11.7 Å². The Balaban J connectivity index is 1.41. The number of nitriles is 1. The number of rotatable bonds is 5. The molecule has 202 valence electrons. The van der Waals surface area contributed by atoms with E-state index in [0.29, 0.717) is 18.0 Å². The molecule has 2 amide bonds. The van der Waals surface area contributed by atoms with Gasteiger partial charge in [-0.2, -0.15) is 10.4 Å². The lowest BCUT2D eigenvalue weighted by Crippen LogP contribution is -2.62. The molecule has 1 aromatic heterocycles. The first-order valence-corrected chi connectivity index (χ1v) is 13.6. The molecule has 2 aromatic rings. The molecular formula is C29H38N6O3. The maximum atomic E-state index is 12.7. The fourth-order valence-electron chi connectivity index (χ4n) is 6.22. The van der Waals surface area contributed by atoms with Gasteiger partial charge in [0.05, 0.1) is 17.5 Å². The van der Waals surface area contributed by atoms with E-state index in [-0.39, 0.29) is 29.7 Å². The molecule has 0 spiro atoms. The number of aromatic nitrogens is 2. The van der Waals surface area contributed by atoms with Crippen molar-refractivity contribution in [2.24, 2.45) is 18.9 Å². The van der Waals surface area contributed by atoms with Crippen LogP contribution in [0.1, 0.15) is 87.0 Å². The van der Waals surface area contributed by atoms with Gasteiger partial charge in [0.2, 0.25) is 5.91 Å². The fraction of sp³-hybridized carbons (Fsp3) is 0.586. The van der Waals surface area contributed by atoms with Crippen LogP contribution in [0.5, 0.6) is 0 Å². The van der Waals surface area contributed by atoms with Gasteiger partial charge in [-0.1, -0.05) is 6.07 Å². The second-order valence-electron chi connectivity index (χ2n) is 12.1. The molecule has 0 radical (unpaired) electrons. The van der Waals surface area contributed by atoms with E-state index in [1.807, 2.05) is 45.6 Å². The van der Waals surface area contributed by atoms with Crippen molar-refractivity contribution in [3.8, 4) is 17.3 Å². The topological polar surface area (TPSA) is 121 Å². The number of hydrogen-bond donors (Lipinski definition) is 3. The minimum Gasteiger partial charge on any atom is -0.444 e. The highest BCUT2D eigenvalue weighted by Gasteiger charge is 2.44. The summed E-state index contributed by atoms with van der Waals surface area (Å²) in [6, 6.07) is 6.67. The van der Waals surface area contributed by atoms with Crippen molar-refractivity contribution in [3.05, 3.63) is 40.6 Å².